The maximum atomic E-state index is 11.9. The lowest BCUT2D eigenvalue weighted by Gasteiger charge is -2.12. The van der Waals surface area contributed by atoms with Crippen molar-refractivity contribution in [2.24, 2.45) is 0 Å². The van der Waals surface area contributed by atoms with Gasteiger partial charge >= 0.3 is 0 Å². The van der Waals surface area contributed by atoms with Gasteiger partial charge in [-0.15, -0.1) is 0 Å². The van der Waals surface area contributed by atoms with Gasteiger partial charge in [-0.3, -0.25) is 4.79 Å². The minimum absolute atomic E-state index is 0.0230. The van der Waals surface area contributed by atoms with Crippen LogP contribution < -0.4 is 5.32 Å². The van der Waals surface area contributed by atoms with Crippen LogP contribution >= 0.6 is 0 Å². The molecule has 0 radical (unpaired) electrons. The Morgan fingerprint density at radius 2 is 1.95 bits per heavy atom. The normalized spacial score (nSPS) is 9.76. The third kappa shape index (κ3) is 3.83. The van der Waals surface area contributed by atoms with E-state index in [2.05, 4.69) is 11.4 Å². The summed E-state index contributed by atoms with van der Waals surface area (Å²) in [6, 6.07) is 17.0. The van der Waals surface area contributed by atoms with E-state index in [0.717, 1.165) is 11.3 Å². The highest BCUT2D eigenvalue weighted by atomic mass is 16.2. The van der Waals surface area contributed by atoms with E-state index in [1.807, 2.05) is 36.4 Å². The van der Waals surface area contributed by atoms with E-state index in [1.54, 1.807) is 31.1 Å². The Morgan fingerprint density at radius 1 is 1.19 bits per heavy atom. The first kappa shape index (κ1) is 14.6. The Hall–Kier alpha value is -2.80. The van der Waals surface area contributed by atoms with Gasteiger partial charge in [-0.05, 0) is 35.9 Å². The lowest BCUT2D eigenvalue weighted by atomic mass is 10.1. The SMILES string of the molecule is CN(C)C(=O)c1cccc(NCc2cccc(C#N)c2)c1. The molecule has 2 aromatic carbocycles. The van der Waals surface area contributed by atoms with Gasteiger partial charge in [0, 0.05) is 31.9 Å². The van der Waals surface area contributed by atoms with E-state index in [4.69, 9.17) is 5.26 Å². The average Bonchev–Trinajstić information content (AvgIpc) is 2.52. The van der Waals surface area contributed by atoms with E-state index < -0.39 is 0 Å². The molecule has 2 aromatic rings. The summed E-state index contributed by atoms with van der Waals surface area (Å²) >= 11 is 0. The molecule has 106 valence electrons. The molecule has 0 fully saturated rings. The third-order valence-electron chi connectivity index (χ3n) is 3.07. The van der Waals surface area contributed by atoms with E-state index in [1.165, 1.54) is 0 Å². The summed E-state index contributed by atoms with van der Waals surface area (Å²) in [4.78, 5) is 13.5. The molecule has 0 aliphatic heterocycles. The molecule has 1 amide bonds. The van der Waals surface area contributed by atoms with Crippen LogP contribution in [0, 0.1) is 11.3 Å². The van der Waals surface area contributed by atoms with Gasteiger partial charge in [-0.25, -0.2) is 0 Å². The quantitative estimate of drug-likeness (QED) is 0.936. The minimum atomic E-state index is -0.0230. The molecule has 0 unspecified atom stereocenters. The number of nitrogens with zero attached hydrogens (tertiary/aromatic N) is 2. The fraction of sp³-hybridized carbons (Fsp3) is 0.176. The molecule has 4 heteroatoms. The molecule has 0 heterocycles. The van der Waals surface area contributed by atoms with Gasteiger partial charge in [0.15, 0.2) is 0 Å². The molecule has 0 bridgehead atoms. The number of anilines is 1. The van der Waals surface area contributed by atoms with Gasteiger partial charge in [0.25, 0.3) is 5.91 Å². The first-order chi connectivity index (χ1) is 10.1. The summed E-state index contributed by atoms with van der Waals surface area (Å²) in [5.74, 6) is -0.0230. The second-order valence-electron chi connectivity index (χ2n) is 4.95. The summed E-state index contributed by atoms with van der Waals surface area (Å²) < 4.78 is 0. The number of amides is 1. The molecule has 21 heavy (non-hydrogen) atoms. The van der Waals surface area contributed by atoms with Crippen LogP contribution in [0.4, 0.5) is 5.69 Å². The Balaban J connectivity index is 2.08. The Bertz CT molecular complexity index is 686. The van der Waals surface area contributed by atoms with Crippen molar-refractivity contribution in [3.63, 3.8) is 0 Å². The van der Waals surface area contributed by atoms with Gasteiger partial charge < -0.3 is 10.2 Å². The van der Waals surface area contributed by atoms with Crippen LogP contribution in [-0.2, 0) is 6.54 Å². The molecule has 4 nitrogen and oxygen atoms in total. The highest BCUT2D eigenvalue weighted by Crippen LogP contribution is 2.14. The van der Waals surface area contributed by atoms with Crippen molar-refractivity contribution in [3.05, 3.63) is 65.2 Å². The van der Waals surface area contributed by atoms with Crippen molar-refractivity contribution in [2.45, 2.75) is 6.54 Å². The Kier molecular flexibility index (Phi) is 4.57. The summed E-state index contributed by atoms with van der Waals surface area (Å²) in [6.45, 7) is 0.606. The zero-order valence-corrected chi connectivity index (χ0v) is 12.1. The summed E-state index contributed by atoms with van der Waals surface area (Å²) in [5.41, 5.74) is 3.20. The van der Waals surface area contributed by atoms with Gasteiger partial charge in [0.05, 0.1) is 11.6 Å². The predicted octanol–water partition coefficient (Wildman–Crippen LogP) is 2.87. The fourth-order valence-electron chi connectivity index (χ4n) is 1.98. The van der Waals surface area contributed by atoms with Gasteiger partial charge in [-0.2, -0.15) is 5.26 Å². The summed E-state index contributed by atoms with van der Waals surface area (Å²) in [5, 5.41) is 12.2. The molecule has 0 spiro atoms. The van der Waals surface area contributed by atoms with Crippen molar-refractivity contribution in [1.82, 2.24) is 4.90 Å². The van der Waals surface area contributed by atoms with E-state index in [-0.39, 0.29) is 5.91 Å². The first-order valence-corrected chi connectivity index (χ1v) is 6.65. The average molecular weight is 279 g/mol. The standard InChI is InChI=1S/C17H17N3O/c1-20(2)17(21)15-7-4-8-16(10-15)19-12-14-6-3-5-13(9-14)11-18/h3-10,19H,12H2,1-2H3. The second kappa shape index (κ2) is 6.58. The maximum Gasteiger partial charge on any atom is 0.253 e. The monoisotopic (exact) mass is 279 g/mol. The van der Waals surface area contributed by atoms with Crippen LogP contribution in [0.25, 0.3) is 0 Å². The van der Waals surface area contributed by atoms with Gasteiger partial charge in [0.2, 0.25) is 0 Å². The molecule has 0 aliphatic rings. The molecule has 0 aliphatic carbocycles. The van der Waals surface area contributed by atoms with E-state index in [0.29, 0.717) is 17.7 Å². The van der Waals surface area contributed by atoms with E-state index >= 15 is 0 Å². The number of nitriles is 1. The zero-order chi connectivity index (χ0) is 15.2. The Morgan fingerprint density at radius 3 is 2.67 bits per heavy atom. The van der Waals surface area contributed by atoms with Crippen molar-refractivity contribution >= 4 is 11.6 Å². The van der Waals surface area contributed by atoms with Crippen LogP contribution in [0.3, 0.4) is 0 Å². The summed E-state index contributed by atoms with van der Waals surface area (Å²) in [7, 11) is 3.46. The van der Waals surface area contributed by atoms with Crippen LogP contribution in [0.5, 0.6) is 0 Å². The molecule has 2 rings (SSSR count). The molecular weight excluding hydrogens is 262 g/mol. The summed E-state index contributed by atoms with van der Waals surface area (Å²) in [6.07, 6.45) is 0. The minimum Gasteiger partial charge on any atom is -0.381 e. The van der Waals surface area contributed by atoms with Gasteiger partial charge in [-0.1, -0.05) is 18.2 Å². The fourth-order valence-corrected chi connectivity index (χ4v) is 1.98. The topological polar surface area (TPSA) is 56.1 Å². The number of carbonyl (C=O) groups is 1. The lowest BCUT2D eigenvalue weighted by molar-refractivity contribution is 0.0827. The molecule has 0 saturated heterocycles. The van der Waals surface area contributed by atoms with Crippen molar-refractivity contribution < 1.29 is 4.79 Å². The van der Waals surface area contributed by atoms with Crippen LogP contribution in [0.2, 0.25) is 0 Å². The molecule has 0 saturated carbocycles. The van der Waals surface area contributed by atoms with Crippen LogP contribution in [0.15, 0.2) is 48.5 Å². The predicted molar refractivity (Wildman–Crippen MR) is 82.9 cm³/mol. The Labute approximate surface area is 124 Å². The number of rotatable bonds is 4. The maximum absolute atomic E-state index is 11.9. The highest BCUT2D eigenvalue weighted by Gasteiger charge is 2.07. The zero-order valence-electron chi connectivity index (χ0n) is 12.1. The second-order valence-corrected chi connectivity index (χ2v) is 4.95. The van der Waals surface area contributed by atoms with Crippen LogP contribution in [0.1, 0.15) is 21.5 Å². The van der Waals surface area contributed by atoms with Crippen molar-refractivity contribution in [3.8, 4) is 6.07 Å². The van der Waals surface area contributed by atoms with E-state index in [9.17, 15) is 4.79 Å². The van der Waals surface area contributed by atoms with Crippen molar-refractivity contribution in [1.29, 1.82) is 5.26 Å². The largest absolute Gasteiger partial charge is 0.381 e. The number of carbonyl (C=O) groups excluding carboxylic acids is 1. The van der Waals surface area contributed by atoms with Crippen molar-refractivity contribution in [2.75, 3.05) is 19.4 Å². The lowest BCUT2D eigenvalue weighted by Crippen LogP contribution is -2.21. The molecule has 1 N–H and O–H groups in total. The smallest absolute Gasteiger partial charge is 0.253 e. The number of nitrogens with one attached hydrogen (secondary N) is 1. The van der Waals surface area contributed by atoms with Gasteiger partial charge in [0.1, 0.15) is 0 Å². The number of hydrogen-bond donors (Lipinski definition) is 1. The molecule has 0 aromatic heterocycles. The molecular formula is C17H17N3O. The van der Waals surface area contributed by atoms with Crippen LogP contribution in [-0.4, -0.2) is 24.9 Å². The molecule has 0 atom stereocenters. The third-order valence-corrected chi connectivity index (χ3v) is 3.07. The first-order valence-electron chi connectivity index (χ1n) is 6.65. The number of benzene rings is 2. The number of hydrogen-bond acceptors (Lipinski definition) is 3. The highest BCUT2D eigenvalue weighted by molar-refractivity contribution is 5.94.